The lowest BCUT2D eigenvalue weighted by Gasteiger charge is -2.22. The van der Waals surface area contributed by atoms with E-state index in [1.807, 2.05) is 18.7 Å². The fourth-order valence-electron chi connectivity index (χ4n) is 1.87. The van der Waals surface area contributed by atoms with Crippen LogP contribution in [0.25, 0.3) is 0 Å². The van der Waals surface area contributed by atoms with Gasteiger partial charge in [0.15, 0.2) is 0 Å². The van der Waals surface area contributed by atoms with Crippen LogP contribution in [0.15, 0.2) is 41.0 Å². The quantitative estimate of drug-likeness (QED) is 0.744. The summed E-state index contributed by atoms with van der Waals surface area (Å²) in [6.45, 7) is 5.20. The smallest absolute Gasteiger partial charge is 0.102 e. The summed E-state index contributed by atoms with van der Waals surface area (Å²) in [4.78, 5) is 3.75. The van der Waals surface area contributed by atoms with Crippen LogP contribution in [0.1, 0.15) is 13.8 Å². The summed E-state index contributed by atoms with van der Waals surface area (Å²) >= 11 is 1.88. The number of nitrogens with zero attached hydrogens (tertiary/aromatic N) is 1. The van der Waals surface area contributed by atoms with E-state index in [4.69, 9.17) is 4.74 Å². The molecule has 1 aliphatic rings. The first-order valence-corrected chi connectivity index (χ1v) is 6.39. The molecule has 1 aliphatic heterocycles. The average molecular weight is 235 g/mol. The summed E-state index contributed by atoms with van der Waals surface area (Å²) in [5.74, 6) is 0.976. The Hall–Kier alpha value is -1.09. The second kappa shape index (κ2) is 4.83. The number of likely N-dealkylation sites (N-methyl/N-ethyl adjacent to an activating group) is 1. The summed E-state index contributed by atoms with van der Waals surface area (Å²) in [5, 5.41) is 0.363. The number of benzene rings is 1. The van der Waals surface area contributed by atoms with Crippen LogP contribution in [0.4, 0.5) is 5.69 Å². The molecule has 0 radical (unpaired) electrons. The zero-order chi connectivity index (χ0) is 11.5. The van der Waals surface area contributed by atoms with Gasteiger partial charge in [-0.2, -0.15) is 0 Å². The second-order valence-electron chi connectivity index (χ2n) is 3.74. The summed E-state index contributed by atoms with van der Waals surface area (Å²) in [6.07, 6.45) is 2.17. The van der Waals surface area contributed by atoms with E-state index in [0.717, 1.165) is 12.3 Å². The molecule has 0 saturated heterocycles. The third-order valence-electron chi connectivity index (χ3n) is 2.77. The standard InChI is InChI=1S/C13H17NOS/c1-4-14-11-7-5-6-8-12(11)16-13(14)9-10(2)15-3/h5-9,13H,4H2,1-3H3. The van der Waals surface area contributed by atoms with Crippen molar-refractivity contribution in [1.82, 2.24) is 0 Å². The Morgan fingerprint density at radius 1 is 1.50 bits per heavy atom. The molecule has 2 nitrogen and oxygen atoms in total. The molecule has 1 unspecified atom stereocenters. The third kappa shape index (κ3) is 2.05. The van der Waals surface area contributed by atoms with Crippen molar-refractivity contribution >= 4 is 17.4 Å². The van der Waals surface area contributed by atoms with Gasteiger partial charge in [-0.05, 0) is 32.1 Å². The number of hydrogen-bond donors (Lipinski definition) is 0. The summed E-state index contributed by atoms with van der Waals surface area (Å²) in [7, 11) is 1.72. The molecule has 16 heavy (non-hydrogen) atoms. The van der Waals surface area contributed by atoms with Gasteiger partial charge in [0.1, 0.15) is 5.37 Å². The molecule has 0 amide bonds. The highest BCUT2D eigenvalue weighted by Crippen LogP contribution is 2.43. The molecule has 0 spiro atoms. The maximum absolute atomic E-state index is 5.22. The topological polar surface area (TPSA) is 12.5 Å². The van der Waals surface area contributed by atoms with Crippen LogP contribution in [-0.2, 0) is 4.74 Å². The Morgan fingerprint density at radius 3 is 2.94 bits per heavy atom. The first kappa shape index (κ1) is 11.4. The van der Waals surface area contributed by atoms with Gasteiger partial charge in [0.05, 0.1) is 18.6 Å². The van der Waals surface area contributed by atoms with E-state index in [0.29, 0.717) is 5.37 Å². The molecule has 2 rings (SSSR count). The van der Waals surface area contributed by atoms with Crippen LogP contribution in [0.3, 0.4) is 0 Å². The summed E-state index contributed by atoms with van der Waals surface area (Å²) < 4.78 is 5.22. The van der Waals surface area contributed by atoms with E-state index >= 15 is 0 Å². The highest BCUT2D eigenvalue weighted by atomic mass is 32.2. The predicted octanol–water partition coefficient (Wildman–Crippen LogP) is 3.49. The van der Waals surface area contributed by atoms with E-state index in [2.05, 4.69) is 42.2 Å². The Kier molecular flexibility index (Phi) is 3.44. The molecule has 0 N–H and O–H groups in total. The monoisotopic (exact) mass is 235 g/mol. The van der Waals surface area contributed by atoms with Crippen LogP contribution in [0, 0.1) is 0 Å². The normalized spacial score (nSPS) is 19.8. The number of thioether (sulfide) groups is 1. The van der Waals surface area contributed by atoms with Crippen molar-refractivity contribution in [2.24, 2.45) is 0 Å². The lowest BCUT2D eigenvalue weighted by Crippen LogP contribution is -2.27. The third-order valence-corrected chi connectivity index (χ3v) is 4.00. The fraction of sp³-hybridized carbons (Fsp3) is 0.385. The molecule has 0 aromatic heterocycles. The Labute approximate surface area is 101 Å². The van der Waals surface area contributed by atoms with Crippen molar-refractivity contribution in [2.45, 2.75) is 24.1 Å². The summed E-state index contributed by atoms with van der Waals surface area (Å²) in [5.41, 5.74) is 1.33. The Morgan fingerprint density at radius 2 is 2.25 bits per heavy atom. The van der Waals surface area contributed by atoms with E-state index in [-0.39, 0.29) is 0 Å². The van der Waals surface area contributed by atoms with Gasteiger partial charge in [-0.25, -0.2) is 0 Å². The zero-order valence-electron chi connectivity index (χ0n) is 9.93. The maximum Gasteiger partial charge on any atom is 0.102 e. The minimum atomic E-state index is 0.363. The van der Waals surface area contributed by atoms with E-state index < -0.39 is 0 Å². The van der Waals surface area contributed by atoms with E-state index in [1.165, 1.54) is 10.6 Å². The Bertz CT molecular complexity index is 403. The SMILES string of the molecule is CCN1c2ccccc2SC1C=C(C)OC. The molecular weight excluding hydrogens is 218 g/mol. The summed E-state index contributed by atoms with van der Waals surface area (Å²) in [6, 6.07) is 8.55. The molecule has 1 aromatic carbocycles. The highest BCUT2D eigenvalue weighted by molar-refractivity contribution is 8.00. The number of ether oxygens (including phenoxy) is 1. The van der Waals surface area contributed by atoms with E-state index in [1.54, 1.807) is 7.11 Å². The molecule has 3 heteroatoms. The van der Waals surface area contributed by atoms with Crippen molar-refractivity contribution in [2.75, 3.05) is 18.6 Å². The zero-order valence-corrected chi connectivity index (χ0v) is 10.8. The molecule has 86 valence electrons. The van der Waals surface area contributed by atoms with Crippen molar-refractivity contribution in [3.8, 4) is 0 Å². The predicted molar refractivity (Wildman–Crippen MR) is 69.9 cm³/mol. The minimum Gasteiger partial charge on any atom is -0.502 e. The maximum atomic E-state index is 5.22. The number of rotatable bonds is 3. The van der Waals surface area contributed by atoms with Crippen LogP contribution in [0.2, 0.25) is 0 Å². The van der Waals surface area contributed by atoms with Crippen LogP contribution in [-0.4, -0.2) is 19.0 Å². The van der Waals surface area contributed by atoms with Crippen LogP contribution < -0.4 is 4.90 Å². The molecule has 0 aliphatic carbocycles. The molecule has 1 heterocycles. The molecule has 0 fully saturated rings. The van der Waals surface area contributed by atoms with Gasteiger partial charge in [-0.3, -0.25) is 0 Å². The lowest BCUT2D eigenvalue weighted by molar-refractivity contribution is 0.292. The first-order chi connectivity index (χ1) is 7.76. The van der Waals surface area contributed by atoms with Gasteiger partial charge >= 0.3 is 0 Å². The Balaban J connectivity index is 2.27. The largest absolute Gasteiger partial charge is 0.502 e. The number of methoxy groups -OCH3 is 1. The van der Waals surface area contributed by atoms with Crippen LogP contribution in [0.5, 0.6) is 0 Å². The first-order valence-electron chi connectivity index (χ1n) is 5.51. The van der Waals surface area contributed by atoms with Crippen molar-refractivity contribution in [1.29, 1.82) is 0 Å². The van der Waals surface area contributed by atoms with Crippen LogP contribution >= 0.6 is 11.8 Å². The van der Waals surface area contributed by atoms with Gasteiger partial charge < -0.3 is 9.64 Å². The van der Waals surface area contributed by atoms with Gasteiger partial charge in [0, 0.05) is 11.4 Å². The van der Waals surface area contributed by atoms with Crippen molar-refractivity contribution in [3.63, 3.8) is 0 Å². The second-order valence-corrected chi connectivity index (χ2v) is 4.90. The molecular formula is C13H17NOS. The van der Waals surface area contributed by atoms with Crippen molar-refractivity contribution < 1.29 is 4.74 Å². The number of fused-ring (bicyclic) bond motifs is 1. The van der Waals surface area contributed by atoms with Crippen molar-refractivity contribution in [3.05, 3.63) is 36.1 Å². The average Bonchev–Trinajstić information content (AvgIpc) is 2.65. The number of anilines is 1. The molecule has 0 saturated carbocycles. The van der Waals surface area contributed by atoms with Gasteiger partial charge in [0.2, 0.25) is 0 Å². The lowest BCUT2D eigenvalue weighted by atomic mass is 10.3. The highest BCUT2D eigenvalue weighted by Gasteiger charge is 2.27. The van der Waals surface area contributed by atoms with E-state index in [9.17, 15) is 0 Å². The fourth-order valence-corrected chi connectivity index (χ4v) is 3.24. The number of hydrogen-bond acceptors (Lipinski definition) is 3. The minimum absolute atomic E-state index is 0.363. The number of para-hydroxylation sites is 1. The molecule has 1 atom stereocenters. The van der Waals surface area contributed by atoms with Gasteiger partial charge in [0.25, 0.3) is 0 Å². The molecule has 1 aromatic rings. The molecule has 0 bridgehead atoms. The van der Waals surface area contributed by atoms with Gasteiger partial charge in [-0.15, -0.1) is 0 Å². The van der Waals surface area contributed by atoms with Gasteiger partial charge in [-0.1, -0.05) is 23.9 Å². The number of allylic oxidation sites excluding steroid dienone is 1.